The molecule has 10 atom stereocenters. The molecule has 9 rings (SSSR count). The van der Waals surface area contributed by atoms with Crippen molar-refractivity contribution in [2.24, 2.45) is 11.3 Å². The Bertz CT molecular complexity index is 2180. The fourth-order valence-corrected chi connectivity index (χ4v) is 13.3. The number of nitrogens with one attached hydrogen (secondary N) is 3. The molecule has 2 aromatic carbocycles. The molecule has 0 radical (unpaired) electrons. The number of piperidine rings is 1. The highest BCUT2D eigenvalue weighted by atomic mass is 32.2. The molecule has 1 spiro atoms. The van der Waals surface area contributed by atoms with Gasteiger partial charge in [0.25, 0.3) is 0 Å². The van der Waals surface area contributed by atoms with Gasteiger partial charge in [0.05, 0.1) is 25.3 Å². The third kappa shape index (κ3) is 5.96. The van der Waals surface area contributed by atoms with Crippen LogP contribution >= 0.6 is 11.8 Å². The van der Waals surface area contributed by atoms with Gasteiger partial charge in [0, 0.05) is 88.1 Å². The molecule has 6 N–H and O–H groups in total. The predicted octanol–water partition coefficient (Wildman–Crippen LogP) is 4.73. The molecule has 1 aromatic heterocycles. The van der Waals surface area contributed by atoms with Crippen LogP contribution in [0.15, 0.2) is 48.6 Å². The van der Waals surface area contributed by atoms with E-state index in [0.717, 1.165) is 60.5 Å². The fraction of sp³-hybridized carbons (Fsp3) is 0.609. The standard InChI is InChI=1S/C46H61N5O7S/c1-6-43(55)24-28-23-42(3,37-30(13-17-50(26-28)27-43)29-11-8-9-12-33(29)48-37)32-21-31-34(22-35(32)57-4)49-38-45(31)15-18-51-16-10-14-44(7-2,39(45)51)40(53)46(38,56)36(52)25-47-41(54)58-19-20-59-5/h8-12,14,21-22,28,38-40,48-49,53,55-56H,6-7,13,15-20,23-27H2,1-5H3,(H,47,54)/t28?,38-,39?,40-,42-,43?,44-,45+,46+/m1/s1. The Balaban J connectivity index is 1.22. The molecule has 5 aliphatic heterocycles. The van der Waals surface area contributed by atoms with Crippen molar-refractivity contribution in [3.05, 3.63) is 70.9 Å². The summed E-state index contributed by atoms with van der Waals surface area (Å²) in [7, 11) is 1.70. The van der Waals surface area contributed by atoms with Crippen molar-refractivity contribution in [1.82, 2.24) is 20.1 Å². The average molecular weight is 828 g/mol. The molecule has 4 unspecified atom stereocenters. The lowest BCUT2D eigenvalue weighted by Crippen LogP contribution is -2.80. The number of Topliss-reactive ketones (excluding diaryl/α,β-unsaturated/α-hetero) is 1. The minimum absolute atomic E-state index is 0.194. The van der Waals surface area contributed by atoms with Crippen molar-refractivity contribution in [1.29, 1.82) is 0 Å². The topological polar surface area (TPSA) is 160 Å². The van der Waals surface area contributed by atoms with Gasteiger partial charge in [-0.25, -0.2) is 4.79 Å². The smallest absolute Gasteiger partial charge is 0.407 e. The van der Waals surface area contributed by atoms with E-state index in [9.17, 15) is 24.9 Å². The highest BCUT2D eigenvalue weighted by molar-refractivity contribution is 7.98. The maximum Gasteiger partial charge on any atom is 0.407 e. The number of carbonyl (C=O) groups is 2. The zero-order valence-corrected chi connectivity index (χ0v) is 35.9. The second kappa shape index (κ2) is 14.8. The van der Waals surface area contributed by atoms with E-state index in [1.54, 1.807) is 18.9 Å². The molecule has 2 bridgehead atoms. The molecule has 2 saturated heterocycles. The van der Waals surface area contributed by atoms with E-state index in [1.807, 2.05) is 25.3 Å². The van der Waals surface area contributed by atoms with Crippen LogP contribution in [0.25, 0.3) is 10.9 Å². The molecule has 13 heteroatoms. The van der Waals surface area contributed by atoms with E-state index in [4.69, 9.17) is 9.47 Å². The van der Waals surface area contributed by atoms with Crippen LogP contribution in [0.3, 0.4) is 0 Å². The zero-order chi connectivity index (χ0) is 41.5. The summed E-state index contributed by atoms with van der Waals surface area (Å²) in [6.45, 7) is 9.99. The average Bonchev–Trinajstić information content (AvgIpc) is 3.93. The highest BCUT2D eigenvalue weighted by Crippen LogP contribution is 2.66. The summed E-state index contributed by atoms with van der Waals surface area (Å²) in [4.78, 5) is 36.1. The fourth-order valence-electron chi connectivity index (χ4n) is 13.0. The lowest BCUT2D eigenvalue weighted by molar-refractivity contribution is -0.198. The number of aliphatic hydroxyl groups excluding tert-OH is 1. The summed E-state index contributed by atoms with van der Waals surface area (Å²) < 4.78 is 11.6. The number of fused-ring (bicyclic) bond motifs is 6. The van der Waals surface area contributed by atoms with E-state index < -0.39 is 58.0 Å². The van der Waals surface area contributed by atoms with Gasteiger partial charge in [-0.05, 0) is 87.4 Å². The summed E-state index contributed by atoms with van der Waals surface area (Å²) >= 11 is 1.54. The zero-order valence-electron chi connectivity index (χ0n) is 35.1. The van der Waals surface area contributed by atoms with Gasteiger partial charge in [0.15, 0.2) is 11.4 Å². The highest BCUT2D eigenvalue weighted by Gasteiger charge is 2.77. The Kier molecular flexibility index (Phi) is 10.2. The number of hydrogen-bond acceptors (Lipinski definition) is 11. The first-order chi connectivity index (χ1) is 28.3. The molecular weight excluding hydrogens is 767 g/mol. The number of ketones is 1. The number of rotatable bonds is 10. The number of nitrogens with zero attached hydrogens (tertiary/aromatic N) is 2. The van der Waals surface area contributed by atoms with E-state index >= 15 is 0 Å². The van der Waals surface area contributed by atoms with Crippen molar-refractivity contribution in [3.63, 3.8) is 0 Å². The van der Waals surface area contributed by atoms with Crippen LogP contribution in [-0.2, 0) is 26.8 Å². The van der Waals surface area contributed by atoms with Gasteiger partial charge in [-0.3, -0.25) is 14.6 Å². The lowest BCUT2D eigenvalue weighted by atomic mass is 9.47. The van der Waals surface area contributed by atoms with Crippen molar-refractivity contribution < 1.29 is 34.4 Å². The Morgan fingerprint density at radius 2 is 1.90 bits per heavy atom. The predicted molar refractivity (Wildman–Crippen MR) is 230 cm³/mol. The minimum Gasteiger partial charge on any atom is -0.496 e. The Morgan fingerprint density at radius 1 is 1.08 bits per heavy atom. The molecule has 318 valence electrons. The number of carbonyl (C=O) groups excluding carboxylic acids is 2. The van der Waals surface area contributed by atoms with Crippen LogP contribution in [0.5, 0.6) is 5.75 Å². The molecule has 59 heavy (non-hydrogen) atoms. The summed E-state index contributed by atoms with van der Waals surface area (Å²) in [6, 6.07) is 11.8. The van der Waals surface area contributed by atoms with E-state index in [2.05, 4.69) is 75.7 Å². The second-order valence-corrected chi connectivity index (χ2v) is 19.5. The van der Waals surface area contributed by atoms with Crippen LogP contribution in [0.2, 0.25) is 0 Å². The Hall–Kier alpha value is -3.59. The summed E-state index contributed by atoms with van der Waals surface area (Å²) in [6.07, 6.45) is 7.98. The molecule has 12 nitrogen and oxygen atoms in total. The quantitative estimate of drug-likeness (QED) is 0.124. The van der Waals surface area contributed by atoms with E-state index in [-0.39, 0.29) is 18.6 Å². The molecule has 6 aliphatic rings. The molecular formula is C46H61N5O7S. The van der Waals surface area contributed by atoms with Gasteiger partial charge >= 0.3 is 6.09 Å². The van der Waals surface area contributed by atoms with E-state index in [0.29, 0.717) is 50.3 Å². The number of benzene rings is 2. The Labute approximate surface area is 351 Å². The van der Waals surface area contributed by atoms with Crippen LogP contribution in [-0.4, -0.2) is 136 Å². The van der Waals surface area contributed by atoms with Gasteiger partial charge in [0.1, 0.15) is 18.5 Å². The van der Waals surface area contributed by atoms with Crippen molar-refractivity contribution >= 4 is 40.2 Å². The number of H-pyrrole nitrogens is 1. The van der Waals surface area contributed by atoms with Gasteiger partial charge < -0.3 is 40.4 Å². The van der Waals surface area contributed by atoms with Crippen LogP contribution in [0.4, 0.5) is 10.5 Å². The number of amides is 1. The van der Waals surface area contributed by atoms with Crippen molar-refractivity contribution in [2.75, 3.05) is 70.3 Å². The maximum absolute atomic E-state index is 14.6. The van der Waals surface area contributed by atoms with Gasteiger partial charge in [-0.15, -0.1) is 0 Å². The molecule has 6 heterocycles. The number of alkyl carbamates (subject to hydrolysis) is 1. The summed E-state index contributed by atoms with van der Waals surface area (Å²) in [5, 5.41) is 45.0. The maximum atomic E-state index is 14.6. The van der Waals surface area contributed by atoms with Gasteiger partial charge in [-0.1, -0.05) is 44.2 Å². The van der Waals surface area contributed by atoms with Crippen LogP contribution < -0.4 is 15.4 Å². The number of aromatic nitrogens is 1. The first-order valence-electron chi connectivity index (χ1n) is 21.6. The first-order valence-corrected chi connectivity index (χ1v) is 23.0. The minimum atomic E-state index is -2.27. The third-order valence-electron chi connectivity index (χ3n) is 15.6. The van der Waals surface area contributed by atoms with Crippen molar-refractivity contribution in [3.8, 4) is 5.75 Å². The van der Waals surface area contributed by atoms with Crippen LogP contribution in [0.1, 0.15) is 75.3 Å². The number of hydrogen-bond donors (Lipinski definition) is 6. The number of thioether (sulfide) groups is 1. The summed E-state index contributed by atoms with van der Waals surface area (Å²) in [5.41, 5.74) is 0.945. The largest absolute Gasteiger partial charge is 0.496 e. The van der Waals surface area contributed by atoms with Gasteiger partial charge in [0.2, 0.25) is 0 Å². The van der Waals surface area contributed by atoms with E-state index in [1.165, 1.54) is 10.9 Å². The monoisotopic (exact) mass is 827 g/mol. The number of aliphatic hydroxyl groups is 3. The number of aromatic amines is 1. The molecule has 3 fully saturated rings. The number of methoxy groups -OCH3 is 1. The first kappa shape index (κ1) is 40.8. The third-order valence-corrected chi connectivity index (χ3v) is 16.2. The normalized spacial score (nSPS) is 36.9. The van der Waals surface area contributed by atoms with Crippen molar-refractivity contribution in [2.45, 2.75) is 99.5 Å². The SMILES string of the molecule is CCC1(O)CC2CN(CCc3c([nH]c4ccccc34)[C@@](C)(c3cc4c(cc3OC)N[C@H]3[C@@](O)(C(=O)CNC(=O)OCCSC)[C@H](O)[C@]5(CC)C=CCN6CC[C@]43C65)C2)C1. The second-order valence-electron chi connectivity index (χ2n) is 18.6. The number of ether oxygens (including phenoxy) is 2. The number of anilines is 1. The molecule has 1 amide bonds. The number of para-hydroxylation sites is 1. The Morgan fingerprint density at radius 3 is 2.66 bits per heavy atom. The van der Waals surface area contributed by atoms with Gasteiger partial charge in [-0.2, -0.15) is 11.8 Å². The molecule has 1 aliphatic carbocycles. The lowest BCUT2D eigenvalue weighted by Gasteiger charge is -2.62. The molecule has 3 aromatic rings. The summed E-state index contributed by atoms with van der Waals surface area (Å²) in [5.74, 6) is 0.847. The van der Waals surface area contributed by atoms with Crippen LogP contribution in [0, 0.1) is 11.3 Å². The molecule has 1 saturated carbocycles.